The summed E-state index contributed by atoms with van der Waals surface area (Å²) in [7, 11) is 0. The number of ether oxygens (including phenoxy) is 2. The van der Waals surface area contributed by atoms with E-state index in [1.54, 1.807) is 0 Å². The Morgan fingerprint density at radius 1 is 0.537 bits per heavy atom. The molecule has 6 aromatic rings. The molecule has 280 valence electrons. The minimum absolute atomic E-state index is 0.136. The number of rotatable bonds is 19. The van der Waals surface area contributed by atoms with Gasteiger partial charge in [0.25, 0.3) is 0 Å². The zero-order chi connectivity index (χ0) is 37.7. The van der Waals surface area contributed by atoms with Crippen molar-refractivity contribution in [2.75, 3.05) is 18.1 Å². The van der Waals surface area contributed by atoms with Gasteiger partial charge in [0, 0.05) is 34.1 Å². The predicted molar refractivity (Wildman–Crippen MR) is 226 cm³/mol. The molecule has 5 nitrogen and oxygen atoms in total. The van der Waals surface area contributed by atoms with Gasteiger partial charge in [0.1, 0.15) is 17.1 Å². The van der Waals surface area contributed by atoms with Crippen molar-refractivity contribution < 1.29 is 13.9 Å². The van der Waals surface area contributed by atoms with E-state index < -0.39 is 0 Å². The SMILES string of the molecule is CCCCCCOc1ccc(-c2ccc(N(c3ccc(-c4ccc(OCCCCCC)cc4)cc3)c3ccc4cc(C(C)CC)c(=O)oc4c3)cc2)cc1. The average Bonchev–Trinajstić information content (AvgIpc) is 3.21. The van der Waals surface area contributed by atoms with Gasteiger partial charge in [0.05, 0.1) is 13.2 Å². The second-order valence-electron chi connectivity index (χ2n) is 14.3. The zero-order valence-corrected chi connectivity index (χ0v) is 32.5. The molecule has 54 heavy (non-hydrogen) atoms. The lowest BCUT2D eigenvalue weighted by Gasteiger charge is -2.26. The van der Waals surface area contributed by atoms with Gasteiger partial charge in [0.2, 0.25) is 0 Å². The molecule has 0 saturated carbocycles. The van der Waals surface area contributed by atoms with Crippen LogP contribution in [-0.2, 0) is 0 Å². The molecule has 1 unspecified atom stereocenters. The third-order valence-corrected chi connectivity index (χ3v) is 10.3. The maximum absolute atomic E-state index is 13.0. The first kappa shape index (κ1) is 38.4. The molecule has 0 bridgehead atoms. The van der Waals surface area contributed by atoms with E-state index in [1.807, 2.05) is 12.1 Å². The van der Waals surface area contributed by atoms with Crippen molar-refractivity contribution in [1.29, 1.82) is 0 Å². The quantitative estimate of drug-likeness (QED) is 0.0616. The van der Waals surface area contributed by atoms with Crippen molar-refractivity contribution in [3.05, 3.63) is 137 Å². The fourth-order valence-corrected chi connectivity index (χ4v) is 6.80. The standard InChI is InChI=1S/C49H55NO4/c1-5-8-10-12-32-52-45-28-19-39(20-29-45)37-14-23-42(24-15-37)50(44-27-18-41-34-47(36(4)7-3)49(51)54-48(41)35-44)43-25-16-38(17-26-43)40-21-30-46(31-22-40)53-33-13-11-9-6-2/h14-31,34-36H,5-13,32-33H2,1-4H3. The summed E-state index contributed by atoms with van der Waals surface area (Å²) in [5.41, 5.74) is 8.44. The minimum Gasteiger partial charge on any atom is -0.494 e. The Hall–Kier alpha value is -5.29. The van der Waals surface area contributed by atoms with Crippen LogP contribution in [0.3, 0.4) is 0 Å². The summed E-state index contributed by atoms with van der Waals surface area (Å²) in [6, 6.07) is 42.1. The summed E-state index contributed by atoms with van der Waals surface area (Å²) < 4.78 is 17.9. The molecule has 0 aliphatic heterocycles. The summed E-state index contributed by atoms with van der Waals surface area (Å²) in [5.74, 6) is 1.95. The van der Waals surface area contributed by atoms with E-state index in [2.05, 4.69) is 142 Å². The van der Waals surface area contributed by atoms with Crippen molar-refractivity contribution in [3.8, 4) is 33.8 Å². The van der Waals surface area contributed by atoms with Crippen LogP contribution < -0.4 is 20.0 Å². The lowest BCUT2D eigenvalue weighted by molar-refractivity contribution is 0.305. The number of hydrogen-bond donors (Lipinski definition) is 0. The molecule has 1 heterocycles. The monoisotopic (exact) mass is 721 g/mol. The molecule has 0 radical (unpaired) electrons. The summed E-state index contributed by atoms with van der Waals surface area (Å²) in [6.45, 7) is 10.1. The van der Waals surface area contributed by atoms with Gasteiger partial charge in [-0.15, -0.1) is 0 Å². The zero-order valence-electron chi connectivity index (χ0n) is 32.5. The molecule has 0 N–H and O–H groups in total. The van der Waals surface area contributed by atoms with E-state index >= 15 is 0 Å². The van der Waals surface area contributed by atoms with Crippen molar-refractivity contribution in [2.24, 2.45) is 0 Å². The Morgan fingerprint density at radius 3 is 1.43 bits per heavy atom. The van der Waals surface area contributed by atoms with Gasteiger partial charge >= 0.3 is 5.63 Å². The number of benzene rings is 5. The molecular weight excluding hydrogens is 667 g/mol. The molecule has 0 fully saturated rings. The molecule has 5 aromatic carbocycles. The molecule has 0 aliphatic carbocycles. The average molecular weight is 722 g/mol. The van der Waals surface area contributed by atoms with E-state index in [9.17, 15) is 4.79 Å². The molecule has 0 spiro atoms. The lowest BCUT2D eigenvalue weighted by Crippen LogP contribution is -2.11. The van der Waals surface area contributed by atoms with Crippen LogP contribution in [-0.4, -0.2) is 13.2 Å². The first-order chi connectivity index (χ1) is 26.5. The number of fused-ring (bicyclic) bond motifs is 1. The second kappa shape index (κ2) is 19.2. The van der Waals surface area contributed by atoms with Crippen LogP contribution >= 0.6 is 0 Å². The molecule has 1 atom stereocenters. The fourth-order valence-electron chi connectivity index (χ4n) is 6.80. The van der Waals surface area contributed by atoms with E-state index in [-0.39, 0.29) is 11.5 Å². The van der Waals surface area contributed by atoms with Crippen molar-refractivity contribution >= 4 is 28.0 Å². The Labute approximate surface area is 321 Å². The van der Waals surface area contributed by atoms with Crippen LogP contribution in [0, 0.1) is 0 Å². The minimum atomic E-state index is -0.268. The lowest BCUT2D eigenvalue weighted by atomic mass is 9.99. The maximum atomic E-state index is 13.0. The van der Waals surface area contributed by atoms with Crippen molar-refractivity contribution in [2.45, 2.75) is 91.4 Å². The summed E-state index contributed by atoms with van der Waals surface area (Å²) in [4.78, 5) is 15.2. The molecule has 1 aromatic heterocycles. The molecular formula is C49H55NO4. The summed E-state index contributed by atoms with van der Waals surface area (Å²) >= 11 is 0. The van der Waals surface area contributed by atoms with Crippen LogP contribution in [0.25, 0.3) is 33.2 Å². The van der Waals surface area contributed by atoms with Crippen molar-refractivity contribution in [1.82, 2.24) is 0 Å². The van der Waals surface area contributed by atoms with Crippen LogP contribution in [0.4, 0.5) is 17.1 Å². The van der Waals surface area contributed by atoms with Crippen LogP contribution in [0.2, 0.25) is 0 Å². The topological polar surface area (TPSA) is 51.9 Å². The number of hydrogen-bond acceptors (Lipinski definition) is 5. The third-order valence-electron chi connectivity index (χ3n) is 10.3. The number of nitrogens with zero attached hydrogens (tertiary/aromatic N) is 1. The Kier molecular flexibility index (Phi) is 13.6. The smallest absolute Gasteiger partial charge is 0.339 e. The fraction of sp³-hybridized carbons (Fsp3) is 0.327. The Morgan fingerprint density at radius 2 is 0.981 bits per heavy atom. The van der Waals surface area contributed by atoms with E-state index in [0.29, 0.717) is 5.58 Å². The molecule has 0 amide bonds. The molecule has 0 aliphatic rings. The first-order valence-electron chi connectivity index (χ1n) is 20.0. The van der Waals surface area contributed by atoms with E-state index in [0.717, 1.165) is 94.2 Å². The van der Waals surface area contributed by atoms with E-state index in [4.69, 9.17) is 13.9 Å². The largest absolute Gasteiger partial charge is 0.494 e. The number of unbranched alkanes of at least 4 members (excludes halogenated alkanes) is 6. The van der Waals surface area contributed by atoms with Gasteiger partial charge in [-0.1, -0.05) is 115 Å². The van der Waals surface area contributed by atoms with Gasteiger partial charge in [-0.25, -0.2) is 4.79 Å². The molecule has 0 saturated heterocycles. The second-order valence-corrected chi connectivity index (χ2v) is 14.3. The third kappa shape index (κ3) is 9.82. The van der Waals surface area contributed by atoms with Gasteiger partial charge in [-0.3, -0.25) is 0 Å². The normalized spacial score (nSPS) is 11.8. The Bertz CT molecular complexity index is 2000. The highest BCUT2D eigenvalue weighted by molar-refractivity contribution is 5.87. The summed E-state index contributed by atoms with van der Waals surface area (Å²) in [6.07, 6.45) is 10.4. The highest BCUT2D eigenvalue weighted by Gasteiger charge is 2.17. The number of anilines is 3. The predicted octanol–water partition coefficient (Wildman–Crippen LogP) is 14.0. The highest BCUT2D eigenvalue weighted by atomic mass is 16.5. The molecule has 5 heteroatoms. The van der Waals surface area contributed by atoms with Crippen LogP contribution in [0.5, 0.6) is 11.5 Å². The van der Waals surface area contributed by atoms with Gasteiger partial charge in [0.15, 0.2) is 0 Å². The Balaban J connectivity index is 1.26. The van der Waals surface area contributed by atoms with Gasteiger partial charge in [-0.2, -0.15) is 0 Å². The molecule has 6 rings (SSSR count). The van der Waals surface area contributed by atoms with Gasteiger partial charge < -0.3 is 18.8 Å². The van der Waals surface area contributed by atoms with Crippen LogP contribution in [0.1, 0.15) is 97.0 Å². The highest BCUT2D eigenvalue weighted by Crippen LogP contribution is 2.38. The van der Waals surface area contributed by atoms with E-state index in [1.165, 1.54) is 38.5 Å². The van der Waals surface area contributed by atoms with Crippen molar-refractivity contribution in [3.63, 3.8) is 0 Å². The maximum Gasteiger partial charge on any atom is 0.339 e. The first-order valence-corrected chi connectivity index (χ1v) is 20.0. The van der Waals surface area contributed by atoms with Crippen LogP contribution in [0.15, 0.2) is 131 Å². The van der Waals surface area contributed by atoms with Gasteiger partial charge in [-0.05, 0) is 114 Å². The summed E-state index contributed by atoms with van der Waals surface area (Å²) in [5, 5.41) is 0.918.